The summed E-state index contributed by atoms with van der Waals surface area (Å²) in [6.45, 7) is 2.77. The molecular weight excluding hydrogens is 210 g/mol. The maximum absolute atomic E-state index is 11.3. The smallest absolute Gasteiger partial charge is 0.226 e. The molecule has 15 heavy (non-hydrogen) atoms. The number of carbonyl (C=O) groups excluding carboxylic acids is 1. The SMILES string of the molecule is CC(CNC(=O)CC(N)=S)N(C)C1CC1. The predicted octanol–water partition coefficient (Wildman–Crippen LogP) is 0.262. The first-order chi connectivity index (χ1) is 7.00. The van der Waals surface area contributed by atoms with Crippen molar-refractivity contribution in [1.29, 1.82) is 0 Å². The number of rotatable bonds is 6. The van der Waals surface area contributed by atoms with Gasteiger partial charge in [0.2, 0.25) is 5.91 Å². The summed E-state index contributed by atoms with van der Waals surface area (Å²) in [5.41, 5.74) is 5.28. The van der Waals surface area contributed by atoms with Crippen LogP contribution in [0.15, 0.2) is 0 Å². The summed E-state index contributed by atoms with van der Waals surface area (Å²) in [5, 5.41) is 2.83. The van der Waals surface area contributed by atoms with Crippen LogP contribution in [0.2, 0.25) is 0 Å². The second kappa shape index (κ2) is 5.42. The van der Waals surface area contributed by atoms with E-state index in [-0.39, 0.29) is 17.3 Å². The Morgan fingerprint density at radius 3 is 2.73 bits per heavy atom. The molecule has 0 bridgehead atoms. The molecule has 0 spiro atoms. The van der Waals surface area contributed by atoms with E-state index in [0.29, 0.717) is 18.6 Å². The third-order valence-electron chi connectivity index (χ3n) is 2.75. The van der Waals surface area contributed by atoms with Crippen molar-refractivity contribution in [3.8, 4) is 0 Å². The van der Waals surface area contributed by atoms with Crippen LogP contribution < -0.4 is 11.1 Å². The molecule has 0 aliphatic heterocycles. The van der Waals surface area contributed by atoms with Crippen molar-refractivity contribution < 1.29 is 4.79 Å². The Kier molecular flexibility index (Phi) is 4.47. The standard InChI is InChI=1S/C10H19N3OS/c1-7(13(2)8-3-4-8)6-12-10(14)5-9(11)15/h7-8H,3-6H2,1-2H3,(H2,11,15)(H,12,14). The monoisotopic (exact) mass is 229 g/mol. The van der Waals surface area contributed by atoms with E-state index in [2.05, 4.69) is 36.4 Å². The number of carbonyl (C=O) groups is 1. The zero-order valence-corrected chi connectivity index (χ0v) is 10.1. The van der Waals surface area contributed by atoms with Crippen molar-refractivity contribution >= 4 is 23.1 Å². The topological polar surface area (TPSA) is 58.4 Å². The van der Waals surface area contributed by atoms with Crippen LogP contribution in [0.3, 0.4) is 0 Å². The van der Waals surface area contributed by atoms with Gasteiger partial charge in [-0.05, 0) is 26.8 Å². The van der Waals surface area contributed by atoms with E-state index in [1.54, 1.807) is 0 Å². The normalized spacial score (nSPS) is 17.5. The zero-order valence-electron chi connectivity index (χ0n) is 9.32. The maximum Gasteiger partial charge on any atom is 0.226 e. The second-order valence-electron chi connectivity index (χ2n) is 4.19. The zero-order chi connectivity index (χ0) is 11.4. The molecular formula is C10H19N3OS. The van der Waals surface area contributed by atoms with Crippen molar-refractivity contribution in [1.82, 2.24) is 10.2 Å². The van der Waals surface area contributed by atoms with Crippen molar-refractivity contribution in [3.05, 3.63) is 0 Å². The van der Waals surface area contributed by atoms with Gasteiger partial charge in [0.15, 0.2) is 0 Å². The molecule has 1 aliphatic carbocycles. The van der Waals surface area contributed by atoms with Gasteiger partial charge in [-0.3, -0.25) is 9.69 Å². The number of amides is 1. The third kappa shape index (κ3) is 4.57. The number of hydrogen-bond acceptors (Lipinski definition) is 3. The van der Waals surface area contributed by atoms with Gasteiger partial charge in [-0.25, -0.2) is 0 Å². The molecule has 0 saturated heterocycles. The minimum atomic E-state index is -0.0847. The molecule has 1 amide bonds. The summed E-state index contributed by atoms with van der Waals surface area (Å²) in [5.74, 6) is -0.0847. The van der Waals surface area contributed by atoms with Crippen molar-refractivity contribution in [3.63, 3.8) is 0 Å². The molecule has 86 valence electrons. The first-order valence-corrected chi connectivity index (χ1v) is 5.68. The Balaban J connectivity index is 2.17. The first kappa shape index (κ1) is 12.4. The lowest BCUT2D eigenvalue weighted by atomic mass is 10.3. The van der Waals surface area contributed by atoms with Gasteiger partial charge < -0.3 is 11.1 Å². The van der Waals surface area contributed by atoms with E-state index in [4.69, 9.17) is 5.73 Å². The van der Waals surface area contributed by atoms with Crippen LogP contribution in [0.1, 0.15) is 26.2 Å². The summed E-state index contributed by atoms with van der Waals surface area (Å²) >= 11 is 4.66. The predicted molar refractivity (Wildman–Crippen MR) is 64.7 cm³/mol. The van der Waals surface area contributed by atoms with E-state index in [1.165, 1.54) is 12.8 Å². The van der Waals surface area contributed by atoms with E-state index >= 15 is 0 Å². The van der Waals surface area contributed by atoms with E-state index in [0.717, 1.165) is 0 Å². The highest BCUT2D eigenvalue weighted by molar-refractivity contribution is 7.80. The average Bonchev–Trinajstić information content (AvgIpc) is 2.95. The maximum atomic E-state index is 11.3. The van der Waals surface area contributed by atoms with Gasteiger partial charge in [0, 0.05) is 18.6 Å². The molecule has 0 aromatic rings. The molecule has 0 aromatic heterocycles. The number of likely N-dealkylation sites (N-methyl/N-ethyl adjacent to an activating group) is 1. The Labute approximate surface area is 96.2 Å². The Morgan fingerprint density at radius 1 is 1.67 bits per heavy atom. The highest BCUT2D eigenvalue weighted by atomic mass is 32.1. The Hall–Kier alpha value is -0.680. The fourth-order valence-electron chi connectivity index (χ4n) is 1.47. The van der Waals surface area contributed by atoms with Crippen LogP contribution in [0.25, 0.3) is 0 Å². The average molecular weight is 229 g/mol. The van der Waals surface area contributed by atoms with Crippen LogP contribution in [-0.2, 0) is 4.79 Å². The number of nitrogens with one attached hydrogen (secondary N) is 1. The van der Waals surface area contributed by atoms with E-state index in [1.807, 2.05) is 0 Å². The van der Waals surface area contributed by atoms with Crippen LogP contribution in [-0.4, -0.2) is 41.5 Å². The van der Waals surface area contributed by atoms with Gasteiger partial charge in [0.1, 0.15) is 0 Å². The highest BCUT2D eigenvalue weighted by Crippen LogP contribution is 2.26. The van der Waals surface area contributed by atoms with E-state index in [9.17, 15) is 4.79 Å². The molecule has 0 aromatic carbocycles. The number of nitrogens with two attached hydrogens (primary N) is 1. The molecule has 4 nitrogen and oxygen atoms in total. The molecule has 1 atom stereocenters. The largest absolute Gasteiger partial charge is 0.393 e. The molecule has 1 saturated carbocycles. The quantitative estimate of drug-likeness (QED) is 0.642. The molecule has 5 heteroatoms. The van der Waals surface area contributed by atoms with Crippen LogP contribution >= 0.6 is 12.2 Å². The molecule has 1 rings (SSSR count). The molecule has 1 unspecified atom stereocenters. The summed E-state index contributed by atoms with van der Waals surface area (Å²) < 4.78 is 0. The first-order valence-electron chi connectivity index (χ1n) is 5.27. The summed E-state index contributed by atoms with van der Waals surface area (Å²) in [6.07, 6.45) is 2.71. The molecule has 1 aliphatic rings. The fourth-order valence-corrected chi connectivity index (χ4v) is 1.60. The number of nitrogens with zero attached hydrogens (tertiary/aromatic N) is 1. The Bertz CT molecular complexity index is 253. The van der Waals surface area contributed by atoms with Gasteiger partial charge in [-0.15, -0.1) is 0 Å². The number of thiocarbonyl (C=S) groups is 1. The third-order valence-corrected chi connectivity index (χ3v) is 2.89. The molecule has 0 heterocycles. The summed E-state index contributed by atoms with van der Waals surface area (Å²) in [6, 6.07) is 1.08. The van der Waals surface area contributed by atoms with Gasteiger partial charge in [0.05, 0.1) is 11.4 Å². The summed E-state index contributed by atoms with van der Waals surface area (Å²) in [7, 11) is 2.10. The van der Waals surface area contributed by atoms with Gasteiger partial charge >= 0.3 is 0 Å². The number of hydrogen-bond donors (Lipinski definition) is 2. The van der Waals surface area contributed by atoms with Crippen molar-refractivity contribution in [2.75, 3.05) is 13.6 Å². The van der Waals surface area contributed by atoms with Crippen LogP contribution in [0, 0.1) is 0 Å². The van der Waals surface area contributed by atoms with Gasteiger partial charge in [-0.2, -0.15) is 0 Å². The highest BCUT2D eigenvalue weighted by Gasteiger charge is 2.28. The minimum absolute atomic E-state index is 0.0847. The second-order valence-corrected chi connectivity index (χ2v) is 4.72. The van der Waals surface area contributed by atoms with Crippen molar-refractivity contribution in [2.45, 2.75) is 38.3 Å². The van der Waals surface area contributed by atoms with Crippen LogP contribution in [0.5, 0.6) is 0 Å². The fraction of sp³-hybridized carbons (Fsp3) is 0.800. The van der Waals surface area contributed by atoms with Crippen LogP contribution in [0.4, 0.5) is 0 Å². The Morgan fingerprint density at radius 2 is 2.27 bits per heavy atom. The lowest BCUT2D eigenvalue weighted by Gasteiger charge is -2.24. The van der Waals surface area contributed by atoms with Crippen molar-refractivity contribution in [2.24, 2.45) is 5.73 Å². The van der Waals surface area contributed by atoms with Gasteiger partial charge in [0.25, 0.3) is 0 Å². The summed E-state index contributed by atoms with van der Waals surface area (Å²) in [4.78, 5) is 13.8. The molecule has 0 radical (unpaired) electrons. The lowest BCUT2D eigenvalue weighted by Crippen LogP contribution is -2.41. The molecule has 1 fully saturated rings. The van der Waals surface area contributed by atoms with Gasteiger partial charge in [-0.1, -0.05) is 12.2 Å². The van der Waals surface area contributed by atoms with E-state index < -0.39 is 0 Å². The lowest BCUT2D eigenvalue weighted by molar-refractivity contribution is -0.120. The molecule has 3 N–H and O–H groups in total. The minimum Gasteiger partial charge on any atom is -0.393 e.